The van der Waals surface area contributed by atoms with Gasteiger partial charge in [0.1, 0.15) is 17.7 Å². The Morgan fingerprint density at radius 2 is 1.76 bits per heavy atom. The Morgan fingerprint density at radius 1 is 1.00 bits per heavy atom. The van der Waals surface area contributed by atoms with Gasteiger partial charge in [0.2, 0.25) is 15.9 Å². The highest BCUT2D eigenvalue weighted by Gasteiger charge is 2.35. The molecule has 5 rings (SSSR count). The number of anilines is 1. The number of amides is 2. The maximum absolute atomic E-state index is 15.5. The van der Waals surface area contributed by atoms with E-state index in [9.17, 15) is 22.4 Å². The van der Waals surface area contributed by atoms with E-state index in [1.54, 1.807) is 42.5 Å². The van der Waals surface area contributed by atoms with Crippen LogP contribution in [-0.4, -0.2) is 63.6 Å². The monoisotopic (exact) mass is 730 g/mol. The fourth-order valence-corrected chi connectivity index (χ4v) is 8.97. The number of hydrogen-bond donors (Lipinski definition) is 3. The van der Waals surface area contributed by atoms with E-state index in [0.717, 1.165) is 32.1 Å². The Labute approximate surface area is 298 Å². The molecule has 1 saturated heterocycles. The highest BCUT2D eigenvalue weighted by molar-refractivity contribution is 7.89. The number of methoxy groups -OCH3 is 1. The third kappa shape index (κ3) is 9.39. The lowest BCUT2D eigenvalue weighted by Gasteiger charge is -2.35. The third-order valence-electron chi connectivity index (χ3n) is 9.88. The normalized spacial score (nSPS) is 18.6. The van der Waals surface area contributed by atoms with Gasteiger partial charge in [0, 0.05) is 42.8 Å². The summed E-state index contributed by atoms with van der Waals surface area (Å²) in [6, 6.07) is 15.2. The molecule has 3 N–H and O–H groups in total. The molecule has 0 unspecified atom stereocenters. The number of carbonyl (C=O) groups is 2. The van der Waals surface area contributed by atoms with Gasteiger partial charge in [-0.15, -0.1) is 0 Å². The van der Waals surface area contributed by atoms with E-state index >= 15 is 4.39 Å². The Kier molecular flexibility index (Phi) is 13.2. The van der Waals surface area contributed by atoms with Crippen LogP contribution in [0.2, 0.25) is 5.02 Å². The summed E-state index contributed by atoms with van der Waals surface area (Å²) in [6.45, 7) is 1.13. The zero-order chi connectivity index (χ0) is 35.7. The molecule has 3 atom stereocenters. The molecule has 1 aliphatic carbocycles. The van der Waals surface area contributed by atoms with E-state index in [-0.39, 0.29) is 40.6 Å². The van der Waals surface area contributed by atoms with Crippen LogP contribution in [0.1, 0.15) is 68.4 Å². The predicted molar refractivity (Wildman–Crippen MR) is 190 cm³/mol. The first-order valence-corrected chi connectivity index (χ1v) is 19.1. The fraction of sp³-hybridized carbons (Fsp3) is 0.459. The predicted octanol–water partition coefficient (Wildman–Crippen LogP) is 7.02. The number of ether oxygens (including phenoxy) is 1. The summed E-state index contributed by atoms with van der Waals surface area (Å²) in [5.41, 5.74) is 0.890. The largest absolute Gasteiger partial charge is 0.453 e. The number of hydrogen-bond acceptors (Lipinski definition) is 6. The molecule has 3 aromatic rings. The van der Waals surface area contributed by atoms with Crippen molar-refractivity contribution in [2.45, 2.75) is 80.7 Å². The second-order valence-electron chi connectivity index (χ2n) is 13.1. The van der Waals surface area contributed by atoms with Crippen molar-refractivity contribution in [1.82, 2.24) is 14.9 Å². The smallest absolute Gasteiger partial charge is 0.407 e. The van der Waals surface area contributed by atoms with Gasteiger partial charge >= 0.3 is 6.09 Å². The van der Waals surface area contributed by atoms with Gasteiger partial charge in [-0.05, 0) is 73.6 Å². The van der Waals surface area contributed by atoms with Crippen molar-refractivity contribution in [3.05, 3.63) is 94.5 Å². The number of sulfonamides is 1. The van der Waals surface area contributed by atoms with E-state index in [1.165, 1.54) is 42.1 Å². The zero-order valence-corrected chi connectivity index (χ0v) is 29.7. The molecule has 9 nitrogen and oxygen atoms in total. The van der Waals surface area contributed by atoms with E-state index in [4.69, 9.17) is 16.3 Å². The van der Waals surface area contributed by atoms with Crippen molar-refractivity contribution < 1.29 is 31.5 Å². The number of alkyl carbamates (subject to hydrolysis) is 1. The summed E-state index contributed by atoms with van der Waals surface area (Å²) in [7, 11) is -2.60. The summed E-state index contributed by atoms with van der Waals surface area (Å²) < 4.78 is 63.7. The van der Waals surface area contributed by atoms with Crippen molar-refractivity contribution >= 4 is 39.3 Å². The second-order valence-corrected chi connectivity index (χ2v) is 15.4. The summed E-state index contributed by atoms with van der Waals surface area (Å²) >= 11 is 6.00. The fourth-order valence-electron chi connectivity index (χ4n) is 7.18. The first-order chi connectivity index (χ1) is 24.1. The standard InChI is InChI=1S/C37H45ClF2N4O5S/c1-49-37(46)43-35(29(18-15-25-9-4-2-5-10-25)26-16-20-31(38)33(40)23-26)36(45)42-34-14-8-13-32(39)30(34)19-17-27-24-41-21-22-44(27)50(47,48)28-11-6-3-7-12-28/h3,6-8,11-14,16,20,23,25,27,29,35,41H,2,4-5,9-10,15,17-19,21-22,24H2,1H3,(H,42,45)(H,43,46)/t27-,29+,35-/m0/s1. The van der Waals surface area contributed by atoms with Crippen LogP contribution in [0.5, 0.6) is 0 Å². The van der Waals surface area contributed by atoms with Crippen LogP contribution < -0.4 is 16.0 Å². The molecular weight excluding hydrogens is 686 g/mol. The molecule has 1 heterocycles. The molecule has 3 aromatic carbocycles. The van der Waals surface area contributed by atoms with Crippen LogP contribution in [0.15, 0.2) is 71.6 Å². The van der Waals surface area contributed by atoms with Crippen molar-refractivity contribution in [2.75, 3.05) is 32.1 Å². The Balaban J connectivity index is 1.39. The molecule has 13 heteroatoms. The second kappa shape index (κ2) is 17.6. The zero-order valence-electron chi connectivity index (χ0n) is 28.2. The van der Waals surface area contributed by atoms with Crippen LogP contribution in [0.25, 0.3) is 0 Å². The van der Waals surface area contributed by atoms with Gasteiger partial charge in [0.25, 0.3) is 0 Å². The molecule has 270 valence electrons. The molecule has 0 bridgehead atoms. The lowest BCUT2D eigenvalue weighted by atomic mass is 9.80. The van der Waals surface area contributed by atoms with E-state index in [0.29, 0.717) is 31.0 Å². The lowest BCUT2D eigenvalue weighted by Crippen LogP contribution is -2.53. The first-order valence-electron chi connectivity index (χ1n) is 17.2. The van der Waals surface area contributed by atoms with Gasteiger partial charge in [0.05, 0.1) is 17.0 Å². The molecule has 2 amide bonds. The number of benzene rings is 3. The van der Waals surface area contributed by atoms with Crippen LogP contribution >= 0.6 is 11.6 Å². The summed E-state index contributed by atoms with van der Waals surface area (Å²) in [5.74, 6) is -2.03. The van der Waals surface area contributed by atoms with Crippen molar-refractivity contribution in [3.8, 4) is 0 Å². The molecule has 1 saturated carbocycles. The Bertz CT molecular complexity index is 1730. The highest BCUT2D eigenvalue weighted by Crippen LogP contribution is 2.35. The topological polar surface area (TPSA) is 117 Å². The minimum atomic E-state index is -3.79. The van der Waals surface area contributed by atoms with Gasteiger partial charge in [-0.3, -0.25) is 4.79 Å². The van der Waals surface area contributed by atoms with Crippen molar-refractivity contribution in [3.63, 3.8) is 0 Å². The highest BCUT2D eigenvalue weighted by atomic mass is 35.5. The minimum Gasteiger partial charge on any atom is -0.453 e. The first kappa shape index (κ1) is 37.7. The van der Waals surface area contributed by atoms with Crippen LogP contribution in [0, 0.1) is 17.6 Å². The molecule has 2 fully saturated rings. The van der Waals surface area contributed by atoms with E-state index in [2.05, 4.69) is 16.0 Å². The van der Waals surface area contributed by atoms with Gasteiger partial charge in [-0.25, -0.2) is 22.0 Å². The quantitative estimate of drug-likeness (QED) is 0.174. The summed E-state index contributed by atoms with van der Waals surface area (Å²) in [6.07, 6.45) is 6.38. The molecule has 1 aliphatic heterocycles. The number of rotatable bonds is 13. The number of halogens is 3. The molecule has 2 aliphatic rings. The Hall–Kier alpha value is -3.58. The maximum atomic E-state index is 15.5. The van der Waals surface area contributed by atoms with Crippen molar-refractivity contribution in [2.24, 2.45) is 5.92 Å². The number of carbonyl (C=O) groups excluding carboxylic acids is 2. The molecular formula is C37H45ClF2N4O5S. The Morgan fingerprint density at radius 3 is 2.48 bits per heavy atom. The molecule has 50 heavy (non-hydrogen) atoms. The van der Waals surface area contributed by atoms with Gasteiger partial charge in [0.15, 0.2) is 0 Å². The van der Waals surface area contributed by atoms with Crippen LogP contribution in [0.3, 0.4) is 0 Å². The summed E-state index contributed by atoms with van der Waals surface area (Å²) in [4.78, 5) is 27.0. The average Bonchev–Trinajstić information content (AvgIpc) is 3.13. The van der Waals surface area contributed by atoms with Gasteiger partial charge < -0.3 is 20.7 Å². The summed E-state index contributed by atoms with van der Waals surface area (Å²) in [5, 5.41) is 8.67. The molecule has 0 radical (unpaired) electrons. The number of nitrogens with one attached hydrogen (secondary N) is 3. The minimum absolute atomic E-state index is 0.0607. The van der Waals surface area contributed by atoms with E-state index < -0.39 is 51.7 Å². The molecule has 0 spiro atoms. The lowest BCUT2D eigenvalue weighted by molar-refractivity contribution is -0.118. The molecule has 0 aromatic heterocycles. The third-order valence-corrected chi connectivity index (χ3v) is 12.1. The van der Waals surface area contributed by atoms with Crippen LogP contribution in [0.4, 0.5) is 19.3 Å². The average molecular weight is 731 g/mol. The van der Waals surface area contributed by atoms with Crippen LogP contribution in [-0.2, 0) is 26.0 Å². The van der Waals surface area contributed by atoms with Gasteiger partial charge in [-0.1, -0.05) is 74.0 Å². The SMILES string of the molecule is COC(=O)N[C@H](C(=O)Nc1cccc(F)c1CC[C@H]1CNCCN1S(=O)(=O)c1ccccc1)[C@H](CCC1CCCCC1)c1ccc(Cl)c(F)c1. The van der Waals surface area contributed by atoms with Gasteiger partial charge in [-0.2, -0.15) is 4.31 Å². The number of nitrogens with zero attached hydrogens (tertiary/aromatic N) is 1. The number of piperazine rings is 1. The van der Waals surface area contributed by atoms with E-state index in [1.807, 2.05) is 0 Å². The van der Waals surface area contributed by atoms with Crippen molar-refractivity contribution in [1.29, 1.82) is 0 Å². The maximum Gasteiger partial charge on any atom is 0.407 e.